The summed E-state index contributed by atoms with van der Waals surface area (Å²) < 4.78 is 16.2. The van der Waals surface area contributed by atoms with Gasteiger partial charge in [-0.3, -0.25) is 20.4 Å². The number of methoxy groups -OCH3 is 1. The number of nitrogens with one attached hydrogen (secondary N) is 2. The van der Waals surface area contributed by atoms with Gasteiger partial charge in [0.25, 0.3) is 11.8 Å². The molecule has 9 heteroatoms. The van der Waals surface area contributed by atoms with Crippen LogP contribution in [0.5, 0.6) is 17.2 Å². The largest absolute Gasteiger partial charge is 0.493 e. The van der Waals surface area contributed by atoms with E-state index in [2.05, 4.69) is 17.8 Å². The summed E-state index contributed by atoms with van der Waals surface area (Å²) in [6.45, 7) is 2.27. The fourth-order valence-corrected chi connectivity index (χ4v) is 2.55. The van der Waals surface area contributed by atoms with Gasteiger partial charge in [0.2, 0.25) is 0 Å². The minimum atomic E-state index is -0.569. The lowest BCUT2D eigenvalue weighted by Crippen LogP contribution is -2.43. The average Bonchev–Trinajstić information content (AvgIpc) is 2.72. The molecule has 0 atom stereocenters. The van der Waals surface area contributed by atoms with Crippen LogP contribution in [0.3, 0.4) is 0 Å². The Labute approximate surface area is 179 Å². The molecule has 0 heterocycles. The molecule has 2 aromatic carbocycles. The summed E-state index contributed by atoms with van der Waals surface area (Å²) in [5, 5.41) is 0.744. The van der Waals surface area contributed by atoms with Crippen LogP contribution in [0.2, 0.25) is 10.0 Å². The molecule has 0 aliphatic rings. The zero-order chi connectivity index (χ0) is 21.2. The van der Waals surface area contributed by atoms with Crippen LogP contribution in [0, 0.1) is 0 Å². The molecule has 0 saturated carbocycles. The smallest absolute Gasteiger partial charge is 0.276 e. The predicted molar refractivity (Wildman–Crippen MR) is 111 cm³/mol. The zero-order valence-corrected chi connectivity index (χ0v) is 17.6. The number of ether oxygens (including phenoxy) is 3. The molecular weight excluding hydrogens is 419 g/mol. The van der Waals surface area contributed by atoms with E-state index >= 15 is 0 Å². The van der Waals surface area contributed by atoms with Crippen LogP contribution in [-0.4, -0.2) is 32.1 Å². The first kappa shape index (κ1) is 22.6. The van der Waals surface area contributed by atoms with Crippen molar-refractivity contribution in [2.75, 3.05) is 20.3 Å². The summed E-state index contributed by atoms with van der Waals surface area (Å²) in [5.41, 5.74) is 4.87. The number of benzene rings is 2. The van der Waals surface area contributed by atoms with Gasteiger partial charge in [0.1, 0.15) is 5.75 Å². The Morgan fingerprint density at radius 3 is 2.48 bits per heavy atom. The van der Waals surface area contributed by atoms with Crippen molar-refractivity contribution >= 4 is 35.0 Å². The van der Waals surface area contributed by atoms with E-state index in [1.54, 1.807) is 24.3 Å². The molecule has 29 heavy (non-hydrogen) atoms. The lowest BCUT2D eigenvalue weighted by Gasteiger charge is -2.13. The number of amides is 2. The number of unbranched alkanes of at least 4 members (excludes halogenated alkanes) is 1. The normalized spacial score (nSPS) is 10.2. The molecule has 0 saturated heterocycles. The third-order valence-electron chi connectivity index (χ3n) is 3.75. The summed E-state index contributed by atoms with van der Waals surface area (Å²) in [6, 6.07) is 9.41. The van der Waals surface area contributed by atoms with Crippen LogP contribution in [0.4, 0.5) is 0 Å². The Bertz CT molecular complexity index is 861. The maximum absolute atomic E-state index is 12.3. The van der Waals surface area contributed by atoms with Gasteiger partial charge in [0.15, 0.2) is 18.1 Å². The molecule has 2 N–H and O–H groups in total. The SMILES string of the molecule is CCCCOc1ccc(C(=O)NNC(=O)COc2cc(Cl)ccc2Cl)cc1OC. The number of hydrazine groups is 1. The van der Waals surface area contributed by atoms with Crippen LogP contribution in [0.1, 0.15) is 30.1 Å². The third kappa shape index (κ3) is 7.03. The first-order valence-corrected chi connectivity index (χ1v) is 9.68. The lowest BCUT2D eigenvalue weighted by atomic mass is 10.2. The quantitative estimate of drug-likeness (QED) is 0.454. The molecule has 0 aliphatic carbocycles. The molecule has 0 aromatic heterocycles. The van der Waals surface area contributed by atoms with Crippen LogP contribution in [-0.2, 0) is 4.79 Å². The standard InChI is InChI=1S/C20H22Cl2N2O5/c1-3-4-9-28-16-8-5-13(10-18(16)27-2)20(26)24-23-19(25)12-29-17-11-14(21)6-7-15(17)22/h5-8,10-11H,3-4,9,12H2,1-2H3,(H,23,25)(H,24,26). The van der Waals surface area contributed by atoms with Gasteiger partial charge in [-0.25, -0.2) is 0 Å². The maximum Gasteiger partial charge on any atom is 0.276 e. The number of carbonyl (C=O) groups excluding carboxylic acids is 2. The monoisotopic (exact) mass is 440 g/mol. The van der Waals surface area contributed by atoms with Crippen molar-refractivity contribution in [3.8, 4) is 17.2 Å². The van der Waals surface area contributed by atoms with Crippen molar-refractivity contribution in [1.82, 2.24) is 10.9 Å². The van der Waals surface area contributed by atoms with Crippen LogP contribution in [0.15, 0.2) is 36.4 Å². The minimum Gasteiger partial charge on any atom is -0.493 e. The molecule has 2 aromatic rings. The average molecular weight is 441 g/mol. The molecule has 0 radical (unpaired) electrons. The van der Waals surface area contributed by atoms with E-state index in [1.165, 1.54) is 19.2 Å². The summed E-state index contributed by atoms with van der Waals surface area (Å²) in [5.74, 6) is 0.162. The van der Waals surface area contributed by atoms with Crippen molar-refractivity contribution in [2.45, 2.75) is 19.8 Å². The molecule has 0 spiro atoms. The Morgan fingerprint density at radius 1 is 0.966 bits per heavy atom. The second-order valence-corrected chi connectivity index (χ2v) is 6.78. The van der Waals surface area contributed by atoms with Gasteiger partial charge in [-0.15, -0.1) is 0 Å². The lowest BCUT2D eigenvalue weighted by molar-refractivity contribution is -0.123. The van der Waals surface area contributed by atoms with Crippen LogP contribution < -0.4 is 25.1 Å². The number of carbonyl (C=O) groups is 2. The molecule has 156 valence electrons. The Morgan fingerprint density at radius 2 is 1.76 bits per heavy atom. The second-order valence-electron chi connectivity index (χ2n) is 5.93. The van der Waals surface area contributed by atoms with Gasteiger partial charge >= 0.3 is 0 Å². The highest BCUT2D eigenvalue weighted by Crippen LogP contribution is 2.28. The Hall–Kier alpha value is -2.64. The van der Waals surface area contributed by atoms with E-state index < -0.39 is 11.8 Å². The third-order valence-corrected chi connectivity index (χ3v) is 4.30. The molecular formula is C20H22Cl2N2O5. The van der Waals surface area contributed by atoms with E-state index in [4.69, 9.17) is 37.4 Å². The molecule has 7 nitrogen and oxygen atoms in total. The second kappa shape index (κ2) is 11.4. The summed E-state index contributed by atoms with van der Waals surface area (Å²) >= 11 is 11.8. The first-order valence-electron chi connectivity index (χ1n) is 8.92. The van der Waals surface area contributed by atoms with Gasteiger partial charge in [0, 0.05) is 16.7 Å². The highest BCUT2D eigenvalue weighted by molar-refractivity contribution is 6.34. The topological polar surface area (TPSA) is 85.9 Å². The predicted octanol–water partition coefficient (Wildman–Crippen LogP) is 4.02. The highest BCUT2D eigenvalue weighted by Gasteiger charge is 2.13. The summed E-state index contributed by atoms with van der Waals surface area (Å²) in [6.07, 6.45) is 1.93. The van der Waals surface area contributed by atoms with Gasteiger partial charge in [-0.05, 0) is 36.8 Å². The molecule has 2 rings (SSSR count). The first-order chi connectivity index (χ1) is 13.9. The van der Waals surface area contributed by atoms with Gasteiger partial charge in [0.05, 0.1) is 18.7 Å². The molecule has 0 bridgehead atoms. The van der Waals surface area contributed by atoms with Gasteiger partial charge < -0.3 is 14.2 Å². The van der Waals surface area contributed by atoms with E-state index in [0.29, 0.717) is 33.7 Å². The number of halogens is 2. The van der Waals surface area contributed by atoms with Crippen molar-refractivity contribution in [2.24, 2.45) is 0 Å². The fourth-order valence-electron chi connectivity index (χ4n) is 2.22. The number of rotatable bonds is 9. The Balaban J connectivity index is 1.87. The number of hydrogen-bond acceptors (Lipinski definition) is 5. The molecule has 0 unspecified atom stereocenters. The molecule has 0 aliphatic heterocycles. The van der Waals surface area contributed by atoms with E-state index in [1.807, 2.05) is 0 Å². The Kier molecular flexibility index (Phi) is 8.89. The summed E-state index contributed by atoms with van der Waals surface area (Å²) in [4.78, 5) is 24.2. The fraction of sp³-hybridized carbons (Fsp3) is 0.300. The summed E-state index contributed by atoms with van der Waals surface area (Å²) in [7, 11) is 1.49. The van der Waals surface area contributed by atoms with Gasteiger partial charge in [-0.2, -0.15) is 0 Å². The number of hydrogen-bond donors (Lipinski definition) is 2. The van der Waals surface area contributed by atoms with Crippen LogP contribution >= 0.6 is 23.2 Å². The zero-order valence-electron chi connectivity index (χ0n) is 16.1. The van der Waals surface area contributed by atoms with E-state index in [-0.39, 0.29) is 12.4 Å². The van der Waals surface area contributed by atoms with Crippen molar-refractivity contribution < 1.29 is 23.8 Å². The van der Waals surface area contributed by atoms with Crippen molar-refractivity contribution in [3.05, 3.63) is 52.0 Å². The maximum atomic E-state index is 12.3. The van der Waals surface area contributed by atoms with Crippen LogP contribution in [0.25, 0.3) is 0 Å². The van der Waals surface area contributed by atoms with E-state index in [9.17, 15) is 9.59 Å². The van der Waals surface area contributed by atoms with E-state index in [0.717, 1.165) is 12.8 Å². The van der Waals surface area contributed by atoms with Gasteiger partial charge in [-0.1, -0.05) is 36.5 Å². The van der Waals surface area contributed by atoms with Crippen molar-refractivity contribution in [1.29, 1.82) is 0 Å². The van der Waals surface area contributed by atoms with Crippen molar-refractivity contribution in [3.63, 3.8) is 0 Å². The minimum absolute atomic E-state index is 0.268. The molecule has 0 fully saturated rings. The highest BCUT2D eigenvalue weighted by atomic mass is 35.5. The molecule has 2 amide bonds.